The van der Waals surface area contributed by atoms with Crippen molar-refractivity contribution >= 4 is 11.8 Å². The molecule has 0 spiro atoms. The van der Waals surface area contributed by atoms with E-state index in [-0.39, 0.29) is 11.2 Å². The number of carbonyl (C=O) groups is 2. The molecule has 0 saturated carbocycles. The molecule has 1 aromatic carbocycles. The minimum atomic E-state index is -0.878. The van der Waals surface area contributed by atoms with E-state index in [1.807, 2.05) is 26.0 Å². The fourth-order valence-electron chi connectivity index (χ4n) is 3.57. The first-order valence-corrected chi connectivity index (χ1v) is 8.36. The molecule has 1 saturated heterocycles. The molecular weight excluding hydrogens is 308 g/mol. The summed E-state index contributed by atoms with van der Waals surface area (Å²) < 4.78 is 16.9. The van der Waals surface area contributed by atoms with Crippen molar-refractivity contribution in [3.63, 3.8) is 0 Å². The third-order valence-corrected chi connectivity index (χ3v) is 4.92. The van der Waals surface area contributed by atoms with Crippen LogP contribution in [0.2, 0.25) is 0 Å². The van der Waals surface area contributed by atoms with Gasteiger partial charge in [0.2, 0.25) is 6.29 Å². The molecule has 0 aromatic heterocycles. The summed E-state index contributed by atoms with van der Waals surface area (Å²) in [7, 11) is 0. The Morgan fingerprint density at radius 2 is 2.04 bits per heavy atom. The van der Waals surface area contributed by atoms with Crippen LogP contribution in [0.4, 0.5) is 0 Å². The number of hydrogen-bond acceptors (Lipinski definition) is 5. The Hall–Kier alpha value is -1.98. The summed E-state index contributed by atoms with van der Waals surface area (Å²) in [4.78, 5) is 24.7. The molecule has 5 heteroatoms. The molecule has 3 aliphatic rings. The molecule has 0 radical (unpaired) electrons. The average Bonchev–Trinajstić information content (AvgIpc) is 2.88. The smallest absolute Gasteiger partial charge is 0.341 e. The number of benzene rings is 1. The monoisotopic (exact) mass is 328 g/mol. The highest BCUT2D eigenvalue weighted by atomic mass is 16.8. The topological polar surface area (TPSA) is 61.8 Å². The van der Waals surface area contributed by atoms with Crippen molar-refractivity contribution in [3.05, 3.63) is 46.5 Å². The Bertz CT molecular complexity index is 740. The molecule has 5 nitrogen and oxygen atoms in total. The van der Waals surface area contributed by atoms with Gasteiger partial charge in [0.05, 0.1) is 5.56 Å². The number of allylic oxidation sites excluding steroid dienone is 2. The molecule has 2 aliphatic heterocycles. The molecule has 2 unspecified atom stereocenters. The van der Waals surface area contributed by atoms with E-state index in [1.165, 1.54) is 0 Å². The van der Waals surface area contributed by atoms with Gasteiger partial charge in [-0.3, -0.25) is 4.79 Å². The zero-order valence-corrected chi connectivity index (χ0v) is 13.8. The first kappa shape index (κ1) is 15.5. The van der Waals surface area contributed by atoms with Crippen molar-refractivity contribution in [1.82, 2.24) is 0 Å². The van der Waals surface area contributed by atoms with E-state index < -0.39 is 18.5 Å². The van der Waals surface area contributed by atoms with E-state index in [1.54, 1.807) is 12.1 Å². The lowest BCUT2D eigenvalue weighted by Crippen LogP contribution is -2.27. The van der Waals surface area contributed by atoms with Crippen molar-refractivity contribution < 1.29 is 23.8 Å². The number of cyclic esters (lactones) is 1. The lowest BCUT2D eigenvalue weighted by Gasteiger charge is -2.30. The van der Waals surface area contributed by atoms with Crippen LogP contribution in [-0.4, -0.2) is 24.6 Å². The molecular formula is C19H20O5. The van der Waals surface area contributed by atoms with E-state index in [0.717, 1.165) is 24.8 Å². The van der Waals surface area contributed by atoms with Gasteiger partial charge in [0.15, 0.2) is 12.1 Å². The maximum absolute atomic E-state index is 12.5. The van der Waals surface area contributed by atoms with Crippen molar-refractivity contribution in [2.45, 2.75) is 51.1 Å². The van der Waals surface area contributed by atoms with Gasteiger partial charge < -0.3 is 14.2 Å². The van der Waals surface area contributed by atoms with Gasteiger partial charge in [-0.05, 0) is 37.0 Å². The fourth-order valence-corrected chi connectivity index (χ4v) is 3.57. The second-order valence-electron chi connectivity index (χ2n) is 7.04. The van der Waals surface area contributed by atoms with Crippen molar-refractivity contribution in [3.8, 4) is 0 Å². The molecule has 1 aliphatic carbocycles. The highest BCUT2D eigenvalue weighted by molar-refractivity contribution is 6.11. The van der Waals surface area contributed by atoms with Crippen LogP contribution in [0.25, 0.3) is 0 Å². The Balaban J connectivity index is 1.77. The van der Waals surface area contributed by atoms with Gasteiger partial charge in [0.25, 0.3) is 0 Å². The number of esters is 1. The van der Waals surface area contributed by atoms with Gasteiger partial charge in [0.1, 0.15) is 0 Å². The molecule has 2 atom stereocenters. The molecule has 24 heavy (non-hydrogen) atoms. The summed E-state index contributed by atoms with van der Waals surface area (Å²) in [5.74, 6) is -0.564. The van der Waals surface area contributed by atoms with E-state index >= 15 is 0 Å². The van der Waals surface area contributed by atoms with Gasteiger partial charge in [-0.1, -0.05) is 26.0 Å². The number of fused-ring (bicyclic) bond motifs is 3. The summed E-state index contributed by atoms with van der Waals surface area (Å²) in [5.41, 5.74) is 2.11. The fraction of sp³-hybridized carbons (Fsp3) is 0.474. The Morgan fingerprint density at radius 3 is 2.79 bits per heavy atom. The number of hydrogen-bond donors (Lipinski definition) is 0. The van der Waals surface area contributed by atoms with E-state index in [9.17, 15) is 9.59 Å². The van der Waals surface area contributed by atoms with Crippen LogP contribution in [0.1, 0.15) is 71.2 Å². The molecule has 0 bridgehead atoms. The molecule has 2 heterocycles. The highest BCUT2D eigenvalue weighted by Crippen LogP contribution is 2.42. The van der Waals surface area contributed by atoms with Crippen LogP contribution in [0, 0.1) is 0 Å². The second kappa shape index (κ2) is 5.53. The lowest BCUT2D eigenvalue weighted by molar-refractivity contribution is -0.239. The minimum absolute atomic E-state index is 0.113. The largest absolute Gasteiger partial charge is 0.427 e. The van der Waals surface area contributed by atoms with Crippen LogP contribution in [0.3, 0.4) is 0 Å². The standard InChI is InChI=1S/C19H20O5/c1-19(2)9-8-13(20)16-12(19)7-6-11-15(16)18(24-17(11)21)23-14-5-3-4-10-22-14/h6-9,14,18H,3-5,10H2,1-2H3. The van der Waals surface area contributed by atoms with Gasteiger partial charge >= 0.3 is 5.97 Å². The Labute approximate surface area is 140 Å². The van der Waals surface area contributed by atoms with E-state index in [0.29, 0.717) is 23.3 Å². The zero-order chi connectivity index (χ0) is 16.9. The molecule has 4 rings (SSSR count). The molecule has 0 amide bonds. The summed E-state index contributed by atoms with van der Waals surface area (Å²) in [5, 5.41) is 0. The van der Waals surface area contributed by atoms with Gasteiger partial charge in [-0.2, -0.15) is 0 Å². The predicted molar refractivity (Wildman–Crippen MR) is 85.8 cm³/mol. The predicted octanol–water partition coefficient (Wildman–Crippen LogP) is 3.43. The summed E-state index contributed by atoms with van der Waals surface area (Å²) in [6.45, 7) is 4.72. The van der Waals surface area contributed by atoms with Crippen molar-refractivity contribution in [2.24, 2.45) is 0 Å². The van der Waals surface area contributed by atoms with Crippen LogP contribution in [-0.2, 0) is 19.6 Å². The molecule has 1 aromatic rings. The van der Waals surface area contributed by atoms with Crippen LogP contribution >= 0.6 is 0 Å². The normalized spacial score (nSPS) is 27.6. The Kier molecular flexibility index (Phi) is 3.58. The highest BCUT2D eigenvalue weighted by Gasteiger charge is 2.41. The average molecular weight is 328 g/mol. The summed E-state index contributed by atoms with van der Waals surface area (Å²) in [6, 6.07) is 3.58. The first-order chi connectivity index (χ1) is 11.5. The number of carbonyl (C=O) groups excluding carboxylic acids is 2. The SMILES string of the molecule is CC1(C)C=CC(=O)c2c1ccc1c2C(OC2CCCCO2)OC1=O. The molecule has 126 valence electrons. The van der Waals surface area contributed by atoms with E-state index in [2.05, 4.69) is 0 Å². The maximum atomic E-state index is 12.5. The third kappa shape index (κ3) is 2.39. The number of ketones is 1. The molecule has 1 fully saturated rings. The van der Waals surface area contributed by atoms with Crippen LogP contribution in [0.5, 0.6) is 0 Å². The lowest BCUT2D eigenvalue weighted by atomic mass is 9.74. The Morgan fingerprint density at radius 1 is 1.21 bits per heavy atom. The van der Waals surface area contributed by atoms with Crippen LogP contribution in [0.15, 0.2) is 24.3 Å². The van der Waals surface area contributed by atoms with Crippen molar-refractivity contribution in [1.29, 1.82) is 0 Å². The zero-order valence-electron chi connectivity index (χ0n) is 13.8. The van der Waals surface area contributed by atoms with Crippen molar-refractivity contribution in [2.75, 3.05) is 6.61 Å². The second-order valence-corrected chi connectivity index (χ2v) is 7.04. The van der Waals surface area contributed by atoms with E-state index in [4.69, 9.17) is 14.2 Å². The molecule has 0 N–H and O–H groups in total. The van der Waals surface area contributed by atoms with Gasteiger partial charge in [0, 0.05) is 23.1 Å². The third-order valence-electron chi connectivity index (χ3n) is 4.92. The van der Waals surface area contributed by atoms with Crippen LogP contribution < -0.4 is 0 Å². The quantitative estimate of drug-likeness (QED) is 0.778. The van der Waals surface area contributed by atoms with Gasteiger partial charge in [-0.15, -0.1) is 0 Å². The first-order valence-electron chi connectivity index (χ1n) is 8.36. The minimum Gasteiger partial charge on any atom is -0.427 e. The number of rotatable bonds is 2. The van der Waals surface area contributed by atoms with Gasteiger partial charge in [-0.25, -0.2) is 4.79 Å². The summed E-state index contributed by atoms with van der Waals surface area (Å²) in [6.07, 6.45) is 4.96. The maximum Gasteiger partial charge on any atom is 0.341 e. The number of ether oxygens (including phenoxy) is 3. The summed E-state index contributed by atoms with van der Waals surface area (Å²) >= 11 is 0.